The molecule has 0 spiro atoms. The predicted molar refractivity (Wildman–Crippen MR) is 158 cm³/mol. The van der Waals surface area contributed by atoms with Crippen LogP contribution in [0.3, 0.4) is 0 Å². The molecule has 16 atom stereocenters. The van der Waals surface area contributed by atoms with Crippen LogP contribution in [-0.2, 0) is 23.7 Å². The number of nitrogens with one attached hydrogen (secondary N) is 6. The molecule has 42 heavy (non-hydrogen) atoms. The first-order valence-electron chi connectivity index (χ1n) is 18.0. The van der Waals surface area contributed by atoms with Gasteiger partial charge in [-0.3, -0.25) is 16.0 Å². The normalized spacial score (nSPS) is 55.0. The van der Waals surface area contributed by atoms with Gasteiger partial charge in [0.05, 0.1) is 24.7 Å². The van der Waals surface area contributed by atoms with Crippen LogP contribution in [0.25, 0.3) is 10.6 Å². The molecule has 5 saturated heterocycles. The van der Waals surface area contributed by atoms with Crippen LogP contribution in [0.5, 0.6) is 0 Å². The van der Waals surface area contributed by atoms with Crippen molar-refractivity contribution in [3.8, 4) is 0 Å². The van der Waals surface area contributed by atoms with Gasteiger partial charge in [-0.05, 0) is 73.0 Å². The molecule has 6 N–H and O–H groups in total. The Morgan fingerprint density at radius 2 is 0.571 bits per heavy atom. The van der Waals surface area contributed by atoms with Crippen LogP contribution in [0.4, 0.5) is 0 Å². The van der Waals surface area contributed by atoms with Gasteiger partial charge >= 0.3 is 23.7 Å². The number of hydrogen-bond donors (Lipinski definition) is 6. The van der Waals surface area contributed by atoms with Gasteiger partial charge in [0.25, 0.3) is 0 Å². The van der Waals surface area contributed by atoms with Crippen molar-refractivity contribution in [2.45, 2.75) is 152 Å². The van der Waals surface area contributed by atoms with Crippen molar-refractivity contribution < 1.29 is 23.7 Å². The molecule has 9 nitrogen and oxygen atoms in total. The Kier molecular flexibility index (Phi) is 9.00. The van der Waals surface area contributed by atoms with E-state index in [0.29, 0.717) is 48.3 Å². The van der Waals surface area contributed by atoms with E-state index in [1.165, 1.54) is 103 Å². The molecule has 4 saturated carbocycles. The predicted octanol–water partition coefficient (Wildman–Crippen LogP) is 4.05. The molecule has 0 aromatic rings. The van der Waals surface area contributed by atoms with Gasteiger partial charge in [-0.15, -0.1) is 0 Å². The van der Waals surface area contributed by atoms with Gasteiger partial charge in [0.1, 0.15) is 0 Å². The maximum absolute atomic E-state index is 8.25. The SMILES string of the molecule is C1CCC2C3[N-]C(NC4[N-]C(NC5NC(NC6NC(N3)C3CCCCC63)C3CCCCC53)C3CCCCC43)C2C1.[O]=[Ti+2]. The number of fused-ring (bicyclic) bond motifs is 20. The van der Waals surface area contributed by atoms with Gasteiger partial charge in [-0.1, -0.05) is 102 Å². The van der Waals surface area contributed by atoms with Gasteiger partial charge in [0.2, 0.25) is 0 Å². The Hall–Kier alpha value is 0.194. The molecule has 0 radical (unpaired) electrons. The second-order valence-electron chi connectivity index (χ2n) is 15.4. The third kappa shape index (κ3) is 5.27. The summed E-state index contributed by atoms with van der Waals surface area (Å²) in [6, 6.07) is 0. The summed E-state index contributed by atoms with van der Waals surface area (Å²) in [5.74, 6) is 5.59. The van der Waals surface area contributed by atoms with Crippen molar-refractivity contribution in [3.05, 3.63) is 10.6 Å². The van der Waals surface area contributed by atoms with Crippen LogP contribution in [-0.4, -0.2) is 49.3 Å². The summed E-state index contributed by atoms with van der Waals surface area (Å²) >= 11 is 0.750. The molecule has 8 bridgehead atoms. The Balaban J connectivity index is 0.00000131. The summed E-state index contributed by atoms with van der Waals surface area (Å²) in [5, 5.41) is 36.3. The van der Waals surface area contributed by atoms with E-state index in [1.54, 1.807) is 0 Å². The molecule has 5 aliphatic heterocycles. The molecule has 0 amide bonds. The van der Waals surface area contributed by atoms with Crippen molar-refractivity contribution in [1.82, 2.24) is 31.9 Å². The fourth-order valence-electron chi connectivity index (χ4n) is 11.7. The zero-order valence-electron chi connectivity index (χ0n) is 25.4. The summed E-state index contributed by atoms with van der Waals surface area (Å²) < 4.78 is 8.25. The van der Waals surface area contributed by atoms with Crippen LogP contribution in [0, 0.1) is 47.3 Å². The molecule has 232 valence electrons. The van der Waals surface area contributed by atoms with E-state index < -0.39 is 0 Å². The van der Waals surface area contributed by atoms with Gasteiger partial charge in [0.15, 0.2) is 0 Å². The summed E-state index contributed by atoms with van der Waals surface area (Å²) in [5.41, 5.74) is 0. The van der Waals surface area contributed by atoms with Crippen LogP contribution >= 0.6 is 0 Å². The standard InChI is InChI=1S/C32H54N8.O.Ti/c1-2-10-18-17(9-1)25-33-26(18)38-28-21-13-5-6-14-22(21)30(35-28)40-32-24-16-8-7-15-23(24)31(36-32)39-29-20-12-4-3-11-19(20)27(34-29)37-25;;/h17-34,37-40H,1-16H2;;/q-2;;+2. The van der Waals surface area contributed by atoms with E-state index in [0.717, 1.165) is 44.1 Å². The summed E-state index contributed by atoms with van der Waals surface area (Å²) in [6.45, 7) is 0. The molecule has 10 heteroatoms. The van der Waals surface area contributed by atoms with Gasteiger partial charge < -0.3 is 26.6 Å². The Morgan fingerprint density at radius 3 is 0.881 bits per heavy atom. The number of rotatable bonds is 0. The van der Waals surface area contributed by atoms with Gasteiger partial charge in [-0.25, -0.2) is 0 Å². The third-order valence-corrected chi connectivity index (χ3v) is 13.6. The topological polar surface area (TPSA) is 117 Å². The molecule has 9 fully saturated rings. The first kappa shape index (κ1) is 29.6. The fraction of sp³-hybridized carbons (Fsp3) is 1.00. The summed E-state index contributed by atoms with van der Waals surface area (Å²) in [6.07, 6.45) is 24.5. The zero-order chi connectivity index (χ0) is 28.2. The van der Waals surface area contributed by atoms with Gasteiger partial charge in [-0.2, -0.15) is 0 Å². The quantitative estimate of drug-likeness (QED) is 0.228. The van der Waals surface area contributed by atoms with Crippen molar-refractivity contribution in [3.63, 3.8) is 0 Å². The zero-order valence-corrected chi connectivity index (χ0v) is 26.9. The minimum atomic E-state index is 0.264. The average Bonchev–Trinajstić information content (AvgIpc) is 3.78. The van der Waals surface area contributed by atoms with Crippen LogP contribution in [0.1, 0.15) is 103 Å². The van der Waals surface area contributed by atoms with Crippen molar-refractivity contribution in [1.29, 1.82) is 0 Å². The molecule has 16 unspecified atom stereocenters. The minimum absolute atomic E-state index is 0.264. The molecule has 9 aliphatic rings. The molecular weight excluding hydrogens is 560 g/mol. The summed E-state index contributed by atoms with van der Waals surface area (Å²) in [4.78, 5) is 0. The average molecular weight is 615 g/mol. The van der Waals surface area contributed by atoms with E-state index in [9.17, 15) is 0 Å². The van der Waals surface area contributed by atoms with Crippen LogP contribution in [0.2, 0.25) is 0 Å². The number of nitrogens with zero attached hydrogens (tertiary/aromatic N) is 2. The molecule has 0 aromatic heterocycles. The second kappa shape index (κ2) is 12.8. The molecule has 9 rings (SSSR count). The monoisotopic (exact) mass is 614 g/mol. The van der Waals surface area contributed by atoms with Crippen LogP contribution < -0.4 is 31.9 Å². The summed E-state index contributed by atoms with van der Waals surface area (Å²) in [7, 11) is 0. The molecule has 5 heterocycles. The molecular formula is C32H54N8OTi. The third-order valence-electron chi connectivity index (χ3n) is 13.6. The van der Waals surface area contributed by atoms with Crippen molar-refractivity contribution in [2.24, 2.45) is 47.3 Å². The van der Waals surface area contributed by atoms with Crippen molar-refractivity contribution in [2.75, 3.05) is 0 Å². The molecule has 4 aliphatic carbocycles. The van der Waals surface area contributed by atoms with E-state index >= 15 is 0 Å². The number of hydrogen-bond acceptors (Lipinski definition) is 7. The fourth-order valence-corrected chi connectivity index (χ4v) is 11.7. The van der Waals surface area contributed by atoms with Crippen molar-refractivity contribution >= 4 is 0 Å². The Bertz CT molecular complexity index is 738. The molecule has 0 aromatic carbocycles. The Morgan fingerprint density at radius 1 is 0.333 bits per heavy atom. The van der Waals surface area contributed by atoms with E-state index in [-0.39, 0.29) is 24.7 Å². The maximum atomic E-state index is 8.25. The first-order valence-corrected chi connectivity index (χ1v) is 18.6. The second-order valence-corrected chi connectivity index (χ2v) is 15.4. The van der Waals surface area contributed by atoms with Crippen LogP contribution in [0.15, 0.2) is 0 Å². The van der Waals surface area contributed by atoms with E-state index in [2.05, 4.69) is 31.9 Å². The van der Waals surface area contributed by atoms with Gasteiger partial charge in [0, 0.05) is 0 Å². The Labute approximate surface area is 264 Å². The first-order chi connectivity index (χ1) is 20.8. The van der Waals surface area contributed by atoms with E-state index in [1.807, 2.05) is 0 Å². The van der Waals surface area contributed by atoms with E-state index in [4.69, 9.17) is 14.0 Å².